The average Bonchev–Trinajstić information content (AvgIpc) is 2.70. The molecule has 1 aliphatic carbocycles. The molecule has 0 radical (unpaired) electrons. The van der Waals surface area contributed by atoms with Crippen LogP contribution in [-0.4, -0.2) is 31.8 Å². The van der Waals surface area contributed by atoms with Crippen molar-refractivity contribution in [3.63, 3.8) is 0 Å². The second kappa shape index (κ2) is 2.37. The van der Waals surface area contributed by atoms with Gasteiger partial charge in [-0.15, -0.1) is 0 Å². The van der Waals surface area contributed by atoms with Crippen LogP contribution in [0.5, 0.6) is 0 Å². The summed E-state index contributed by atoms with van der Waals surface area (Å²) in [6.45, 7) is 0.683. The van der Waals surface area contributed by atoms with Gasteiger partial charge < -0.3 is 15.4 Å². The van der Waals surface area contributed by atoms with Gasteiger partial charge in [-0.25, -0.2) is 4.79 Å². The fourth-order valence-electron chi connectivity index (χ4n) is 1.54. The predicted molar refractivity (Wildman–Crippen MR) is 39.2 cm³/mol. The van der Waals surface area contributed by atoms with Crippen molar-refractivity contribution in [3.8, 4) is 0 Å². The summed E-state index contributed by atoms with van der Waals surface area (Å²) in [7, 11) is 1.62. The number of hydrogen-bond acceptors (Lipinski definition) is 2. The van der Waals surface area contributed by atoms with Gasteiger partial charge >= 0.3 is 6.03 Å². The first-order valence-corrected chi connectivity index (χ1v) is 3.91. The zero-order chi connectivity index (χ0) is 7.84. The van der Waals surface area contributed by atoms with Gasteiger partial charge in [0.25, 0.3) is 0 Å². The number of amides is 2. The van der Waals surface area contributed by atoms with Crippen molar-refractivity contribution in [2.24, 2.45) is 5.92 Å². The van der Waals surface area contributed by atoms with Crippen LogP contribution in [0.2, 0.25) is 0 Å². The first-order valence-electron chi connectivity index (χ1n) is 3.91. The van der Waals surface area contributed by atoms with Crippen molar-refractivity contribution in [2.75, 3.05) is 13.7 Å². The van der Waals surface area contributed by atoms with Gasteiger partial charge in [-0.05, 0) is 6.42 Å². The number of urea groups is 1. The van der Waals surface area contributed by atoms with E-state index in [9.17, 15) is 4.79 Å². The van der Waals surface area contributed by atoms with E-state index in [0.717, 1.165) is 6.42 Å². The van der Waals surface area contributed by atoms with Crippen molar-refractivity contribution < 1.29 is 9.53 Å². The molecule has 4 heteroatoms. The Labute approximate surface area is 65.3 Å². The molecule has 1 saturated heterocycles. The highest BCUT2D eigenvalue weighted by atomic mass is 16.5. The standard InChI is InChI=1S/C7H12N2O2/c1-8-7(10)9-5-3-11-6-2-4(5)6/h4-6H,2-3H2,1H3,(H2,8,9,10). The molecule has 0 bridgehead atoms. The molecule has 2 fully saturated rings. The third-order valence-electron chi connectivity index (χ3n) is 2.33. The fourth-order valence-corrected chi connectivity index (χ4v) is 1.54. The molecule has 1 aliphatic heterocycles. The summed E-state index contributed by atoms with van der Waals surface area (Å²) in [6.07, 6.45) is 1.56. The summed E-state index contributed by atoms with van der Waals surface area (Å²) in [5, 5.41) is 5.37. The minimum atomic E-state index is -0.105. The molecule has 1 saturated carbocycles. The Balaban J connectivity index is 1.82. The number of ether oxygens (including phenoxy) is 1. The largest absolute Gasteiger partial charge is 0.376 e. The molecular weight excluding hydrogens is 144 g/mol. The van der Waals surface area contributed by atoms with E-state index in [4.69, 9.17) is 4.74 Å². The molecule has 2 N–H and O–H groups in total. The molecular formula is C7H12N2O2. The van der Waals surface area contributed by atoms with E-state index >= 15 is 0 Å². The molecule has 2 rings (SSSR count). The lowest BCUT2D eigenvalue weighted by Gasteiger charge is -2.11. The van der Waals surface area contributed by atoms with Crippen molar-refractivity contribution >= 4 is 6.03 Å². The second-order valence-electron chi connectivity index (χ2n) is 3.10. The lowest BCUT2D eigenvalue weighted by molar-refractivity contribution is 0.145. The van der Waals surface area contributed by atoms with Crippen molar-refractivity contribution in [1.29, 1.82) is 0 Å². The third kappa shape index (κ3) is 1.18. The van der Waals surface area contributed by atoms with Crippen LogP contribution in [0.3, 0.4) is 0 Å². The first-order chi connectivity index (χ1) is 5.31. The Hall–Kier alpha value is -0.770. The van der Waals surface area contributed by atoms with Crippen LogP contribution in [0.25, 0.3) is 0 Å². The number of hydrogen-bond donors (Lipinski definition) is 2. The maximum atomic E-state index is 10.9. The maximum absolute atomic E-state index is 10.9. The van der Waals surface area contributed by atoms with Gasteiger partial charge in [0.2, 0.25) is 0 Å². The molecule has 2 amide bonds. The topological polar surface area (TPSA) is 50.4 Å². The van der Waals surface area contributed by atoms with E-state index in [1.807, 2.05) is 0 Å². The molecule has 62 valence electrons. The minimum Gasteiger partial charge on any atom is -0.376 e. The number of carbonyl (C=O) groups is 1. The number of fused-ring (bicyclic) bond motifs is 1. The molecule has 11 heavy (non-hydrogen) atoms. The third-order valence-corrected chi connectivity index (χ3v) is 2.33. The Bertz CT molecular complexity index is 183. The molecule has 0 aromatic heterocycles. The van der Waals surface area contributed by atoms with Crippen molar-refractivity contribution in [1.82, 2.24) is 10.6 Å². The second-order valence-corrected chi connectivity index (χ2v) is 3.10. The van der Waals surface area contributed by atoms with Crippen molar-refractivity contribution in [2.45, 2.75) is 18.6 Å². The quantitative estimate of drug-likeness (QED) is 0.547. The zero-order valence-corrected chi connectivity index (χ0v) is 6.46. The van der Waals surface area contributed by atoms with Gasteiger partial charge in [0.15, 0.2) is 0 Å². The van der Waals surface area contributed by atoms with E-state index in [1.165, 1.54) is 0 Å². The van der Waals surface area contributed by atoms with E-state index in [1.54, 1.807) is 7.05 Å². The highest BCUT2D eigenvalue weighted by Gasteiger charge is 2.50. The van der Waals surface area contributed by atoms with Crippen LogP contribution in [0.4, 0.5) is 4.79 Å². The van der Waals surface area contributed by atoms with Crippen LogP contribution in [0, 0.1) is 5.92 Å². The molecule has 4 nitrogen and oxygen atoms in total. The van der Waals surface area contributed by atoms with E-state index in [-0.39, 0.29) is 12.1 Å². The van der Waals surface area contributed by atoms with Gasteiger partial charge in [0.05, 0.1) is 18.8 Å². The molecule has 0 aromatic carbocycles. The van der Waals surface area contributed by atoms with Gasteiger partial charge in [-0.1, -0.05) is 0 Å². The van der Waals surface area contributed by atoms with E-state index in [0.29, 0.717) is 18.6 Å². The van der Waals surface area contributed by atoms with Crippen LogP contribution < -0.4 is 10.6 Å². The summed E-state index contributed by atoms with van der Waals surface area (Å²) < 4.78 is 5.34. The Morgan fingerprint density at radius 2 is 2.45 bits per heavy atom. The maximum Gasteiger partial charge on any atom is 0.314 e. The number of nitrogens with one attached hydrogen (secondary N) is 2. The lowest BCUT2D eigenvalue weighted by atomic mass is 10.2. The smallest absolute Gasteiger partial charge is 0.314 e. The molecule has 0 aromatic rings. The highest BCUT2D eigenvalue weighted by Crippen LogP contribution is 2.42. The van der Waals surface area contributed by atoms with Gasteiger partial charge in [-0.2, -0.15) is 0 Å². The minimum absolute atomic E-state index is 0.105. The Morgan fingerprint density at radius 3 is 2.91 bits per heavy atom. The molecule has 1 heterocycles. The number of carbonyl (C=O) groups excluding carboxylic acids is 1. The predicted octanol–water partition coefficient (Wildman–Crippen LogP) is -0.297. The summed E-state index contributed by atoms with van der Waals surface area (Å²) in [6, 6.07) is 0.145. The van der Waals surface area contributed by atoms with E-state index < -0.39 is 0 Å². The monoisotopic (exact) mass is 156 g/mol. The Kier molecular flexibility index (Phi) is 1.49. The molecule has 0 spiro atoms. The summed E-state index contributed by atoms with van der Waals surface area (Å²) in [5.41, 5.74) is 0. The molecule has 3 atom stereocenters. The van der Waals surface area contributed by atoms with Crippen LogP contribution in [0.1, 0.15) is 6.42 Å². The van der Waals surface area contributed by atoms with Crippen LogP contribution >= 0.6 is 0 Å². The van der Waals surface area contributed by atoms with Crippen LogP contribution in [0.15, 0.2) is 0 Å². The first kappa shape index (κ1) is 6.91. The van der Waals surface area contributed by atoms with Gasteiger partial charge in [0, 0.05) is 13.0 Å². The zero-order valence-electron chi connectivity index (χ0n) is 6.46. The lowest BCUT2D eigenvalue weighted by Crippen LogP contribution is -2.42. The van der Waals surface area contributed by atoms with Gasteiger partial charge in [-0.3, -0.25) is 0 Å². The SMILES string of the molecule is CNC(=O)NC1COC2CC12. The summed E-state index contributed by atoms with van der Waals surface area (Å²) >= 11 is 0. The fraction of sp³-hybridized carbons (Fsp3) is 0.857. The Morgan fingerprint density at radius 1 is 1.64 bits per heavy atom. The summed E-state index contributed by atoms with van der Waals surface area (Å²) in [4.78, 5) is 10.9. The number of rotatable bonds is 1. The average molecular weight is 156 g/mol. The van der Waals surface area contributed by atoms with E-state index in [2.05, 4.69) is 10.6 Å². The normalized spacial score (nSPS) is 39.5. The molecule has 2 aliphatic rings. The highest BCUT2D eigenvalue weighted by molar-refractivity contribution is 5.73. The van der Waals surface area contributed by atoms with Crippen LogP contribution in [-0.2, 0) is 4.74 Å². The molecule has 3 unspecified atom stereocenters. The summed E-state index contributed by atoms with van der Waals surface area (Å²) in [5.74, 6) is 0.590. The van der Waals surface area contributed by atoms with Gasteiger partial charge in [0.1, 0.15) is 0 Å². The van der Waals surface area contributed by atoms with Crippen molar-refractivity contribution in [3.05, 3.63) is 0 Å².